The van der Waals surface area contributed by atoms with Crippen LogP contribution in [0.15, 0.2) is 36.4 Å². The van der Waals surface area contributed by atoms with Crippen molar-refractivity contribution in [3.8, 4) is 11.5 Å². The fourth-order valence-electron chi connectivity index (χ4n) is 2.14. The molecule has 2 aromatic rings. The lowest BCUT2D eigenvalue weighted by atomic mass is 10.2. The maximum atomic E-state index is 12.5. The first kappa shape index (κ1) is 32.3. The third-order valence-corrected chi connectivity index (χ3v) is 4.43. The Morgan fingerprint density at radius 2 is 1.11 bits per heavy atom. The monoisotopic (exact) mass is 549 g/mol. The van der Waals surface area contributed by atoms with Gasteiger partial charge in [-0.15, -0.1) is 0 Å². The van der Waals surface area contributed by atoms with Crippen molar-refractivity contribution < 1.29 is 45.4 Å². The normalized spacial score (nSPS) is 12.9. The second-order valence-corrected chi connectivity index (χ2v) is 7.75. The molecule has 5 nitrogen and oxygen atoms in total. The molecule has 0 aliphatic carbocycles. The average Bonchev–Trinajstić information content (AvgIpc) is 2.66. The maximum Gasteiger partial charge on any atom is 0.416 e. The van der Waals surface area contributed by atoms with Crippen molar-refractivity contribution in [3.05, 3.63) is 57.6 Å². The summed E-state index contributed by atoms with van der Waals surface area (Å²) in [4.78, 5) is 21.6. The lowest BCUT2D eigenvalue weighted by molar-refractivity contribution is -0.138. The number of hydrogen-bond acceptors (Lipinski definition) is 4. The average molecular weight is 550 g/mol. The molecular formula is C22H23Cl2F6NO4. The second kappa shape index (κ2) is 12.9. The highest BCUT2D eigenvalue weighted by Gasteiger charge is 2.32. The molecule has 2 rings (SSSR count). The summed E-state index contributed by atoms with van der Waals surface area (Å²) < 4.78 is 84.7. The third-order valence-electron chi connectivity index (χ3n) is 4.00. The highest BCUT2D eigenvalue weighted by atomic mass is 35.5. The highest BCUT2D eigenvalue weighted by molar-refractivity contribution is 6.31. The SMILES string of the molecule is C.CC(=O)[C@H](C)Oc1cc(Cl)cc(C(F)(F)F)c1.C[C@@H](Oc1cc(Cl)cc(C(F)(F)F)c1)C(N)=O. The van der Waals surface area contributed by atoms with Crippen LogP contribution >= 0.6 is 23.2 Å². The number of Topliss-reactive ketones (excluding diaryl/α,β-unsaturated/α-hetero) is 1. The van der Waals surface area contributed by atoms with E-state index in [-0.39, 0.29) is 34.8 Å². The lowest BCUT2D eigenvalue weighted by Gasteiger charge is -2.14. The third kappa shape index (κ3) is 11.1. The molecule has 2 N–H and O–H groups in total. The number of hydrogen-bond donors (Lipinski definition) is 1. The van der Waals surface area contributed by atoms with Gasteiger partial charge < -0.3 is 15.2 Å². The van der Waals surface area contributed by atoms with E-state index in [4.69, 9.17) is 38.4 Å². The van der Waals surface area contributed by atoms with Crippen LogP contribution in [0.4, 0.5) is 26.3 Å². The van der Waals surface area contributed by atoms with Crippen LogP contribution in [-0.4, -0.2) is 23.9 Å². The molecule has 0 spiro atoms. The van der Waals surface area contributed by atoms with Crippen molar-refractivity contribution >= 4 is 34.9 Å². The molecule has 2 atom stereocenters. The van der Waals surface area contributed by atoms with Gasteiger partial charge in [0.25, 0.3) is 5.91 Å². The number of amides is 1. The van der Waals surface area contributed by atoms with Gasteiger partial charge in [-0.25, -0.2) is 0 Å². The Kier molecular flexibility index (Phi) is 11.9. The van der Waals surface area contributed by atoms with Crippen LogP contribution in [0.5, 0.6) is 11.5 Å². The fraction of sp³-hybridized carbons (Fsp3) is 0.364. The molecular weight excluding hydrogens is 527 g/mol. The van der Waals surface area contributed by atoms with Crippen molar-refractivity contribution in [2.24, 2.45) is 5.73 Å². The van der Waals surface area contributed by atoms with E-state index in [2.05, 4.69) is 0 Å². The van der Waals surface area contributed by atoms with E-state index in [1.54, 1.807) is 0 Å². The number of halogens is 8. The summed E-state index contributed by atoms with van der Waals surface area (Å²) >= 11 is 11.1. The van der Waals surface area contributed by atoms with E-state index in [0.29, 0.717) is 0 Å². The van der Waals surface area contributed by atoms with Crippen LogP contribution in [-0.2, 0) is 21.9 Å². The standard InChI is InChI=1S/C11H10ClF3O2.C10H9ClF3NO2.CH4/c1-6(16)7(2)17-10-4-8(11(13,14)15)3-9(12)5-10;1-5(9(15)16)17-8-3-6(10(12,13)14)2-7(11)4-8;/h3-5,7H,1-2H3;2-5H,1H3,(H2,15,16);1H4/t7-;5-;/m01./s1. The van der Waals surface area contributed by atoms with Gasteiger partial charge in [-0.3, -0.25) is 9.59 Å². The van der Waals surface area contributed by atoms with Crippen molar-refractivity contribution in [1.29, 1.82) is 0 Å². The van der Waals surface area contributed by atoms with E-state index >= 15 is 0 Å². The quantitative estimate of drug-likeness (QED) is 0.395. The minimum absolute atomic E-state index is 0. The highest BCUT2D eigenvalue weighted by Crippen LogP contribution is 2.35. The minimum Gasteiger partial charge on any atom is -0.483 e. The molecule has 13 heteroatoms. The van der Waals surface area contributed by atoms with Crippen molar-refractivity contribution in [1.82, 2.24) is 0 Å². The zero-order chi connectivity index (χ0) is 26.4. The minimum atomic E-state index is -4.53. The van der Waals surface area contributed by atoms with Gasteiger partial charge in [-0.2, -0.15) is 26.3 Å². The number of ether oxygens (including phenoxy) is 2. The molecule has 0 aliphatic rings. The molecule has 0 aromatic heterocycles. The fourth-order valence-corrected chi connectivity index (χ4v) is 2.59. The van der Waals surface area contributed by atoms with Gasteiger partial charge in [0, 0.05) is 10.0 Å². The number of carbonyl (C=O) groups excluding carboxylic acids is 2. The van der Waals surface area contributed by atoms with Crippen LogP contribution in [0.25, 0.3) is 0 Å². The summed E-state index contributed by atoms with van der Waals surface area (Å²) in [6.07, 6.45) is -10.9. The Hall–Kier alpha value is -2.66. The van der Waals surface area contributed by atoms with Gasteiger partial charge in [0.05, 0.1) is 11.1 Å². The van der Waals surface area contributed by atoms with Crippen LogP contribution in [0, 0.1) is 0 Å². The Balaban J connectivity index is 0.000000642. The number of ketones is 1. The summed E-state index contributed by atoms with van der Waals surface area (Å²) in [6.45, 7) is 4.08. The van der Waals surface area contributed by atoms with Crippen molar-refractivity contribution in [2.75, 3.05) is 0 Å². The molecule has 196 valence electrons. The van der Waals surface area contributed by atoms with E-state index < -0.39 is 41.6 Å². The van der Waals surface area contributed by atoms with Crippen LogP contribution in [0.1, 0.15) is 39.3 Å². The molecule has 0 unspecified atom stereocenters. The first-order valence-corrected chi connectivity index (χ1v) is 10.0. The smallest absolute Gasteiger partial charge is 0.416 e. The summed E-state index contributed by atoms with van der Waals surface area (Å²) in [5.74, 6) is -1.29. The number of alkyl halides is 6. The molecule has 0 radical (unpaired) electrons. The van der Waals surface area contributed by atoms with Gasteiger partial charge in [-0.05, 0) is 57.2 Å². The topological polar surface area (TPSA) is 78.6 Å². The molecule has 0 bridgehead atoms. The molecule has 2 aromatic carbocycles. The summed E-state index contributed by atoms with van der Waals surface area (Å²) in [7, 11) is 0. The van der Waals surface area contributed by atoms with Crippen molar-refractivity contribution in [2.45, 2.75) is 52.8 Å². The van der Waals surface area contributed by atoms with E-state index in [9.17, 15) is 35.9 Å². The molecule has 0 heterocycles. The van der Waals surface area contributed by atoms with Crippen LogP contribution < -0.4 is 15.2 Å². The number of carbonyl (C=O) groups is 2. The predicted octanol–water partition coefficient (Wildman–Crippen LogP) is 6.96. The zero-order valence-electron chi connectivity index (χ0n) is 17.9. The largest absolute Gasteiger partial charge is 0.483 e. The molecule has 0 fully saturated rings. The molecule has 0 aliphatic heterocycles. The van der Waals surface area contributed by atoms with E-state index in [1.165, 1.54) is 32.9 Å². The first-order valence-electron chi connectivity index (χ1n) is 9.28. The van der Waals surface area contributed by atoms with Gasteiger partial charge in [0.2, 0.25) is 0 Å². The molecule has 35 heavy (non-hydrogen) atoms. The van der Waals surface area contributed by atoms with Gasteiger partial charge in [-0.1, -0.05) is 30.6 Å². The summed E-state index contributed by atoms with van der Waals surface area (Å²) in [6, 6.07) is 5.54. The summed E-state index contributed by atoms with van der Waals surface area (Å²) in [5.41, 5.74) is 3.07. The zero-order valence-corrected chi connectivity index (χ0v) is 19.4. The summed E-state index contributed by atoms with van der Waals surface area (Å²) in [5, 5.41) is -0.225. The Labute approximate surface area is 208 Å². The molecule has 0 saturated heterocycles. The second-order valence-electron chi connectivity index (χ2n) is 6.88. The van der Waals surface area contributed by atoms with E-state index in [0.717, 1.165) is 24.3 Å². The lowest BCUT2D eigenvalue weighted by Crippen LogP contribution is -2.30. The van der Waals surface area contributed by atoms with Crippen LogP contribution in [0.2, 0.25) is 10.0 Å². The predicted molar refractivity (Wildman–Crippen MR) is 120 cm³/mol. The first-order chi connectivity index (χ1) is 15.4. The number of rotatable bonds is 6. The number of nitrogens with two attached hydrogens (primary N) is 1. The van der Waals surface area contributed by atoms with Gasteiger partial charge in [0.1, 0.15) is 11.5 Å². The Morgan fingerprint density at radius 3 is 1.40 bits per heavy atom. The Morgan fingerprint density at radius 1 is 0.771 bits per heavy atom. The number of primary amides is 1. The molecule has 0 saturated carbocycles. The maximum absolute atomic E-state index is 12.5. The number of benzene rings is 2. The Bertz CT molecular complexity index is 946. The van der Waals surface area contributed by atoms with Gasteiger partial charge in [0.15, 0.2) is 18.0 Å². The van der Waals surface area contributed by atoms with Gasteiger partial charge >= 0.3 is 12.4 Å². The van der Waals surface area contributed by atoms with Crippen molar-refractivity contribution in [3.63, 3.8) is 0 Å². The molecule has 1 amide bonds. The van der Waals surface area contributed by atoms with Crippen LogP contribution in [0.3, 0.4) is 0 Å². The van der Waals surface area contributed by atoms with E-state index in [1.807, 2.05) is 0 Å².